The third-order valence-corrected chi connectivity index (χ3v) is 4.21. The molecule has 0 spiro atoms. The zero-order valence-corrected chi connectivity index (χ0v) is 13.6. The molecule has 0 bridgehead atoms. The summed E-state index contributed by atoms with van der Waals surface area (Å²) in [5.74, 6) is 1.33. The van der Waals surface area contributed by atoms with Gasteiger partial charge in [0.25, 0.3) is 0 Å². The van der Waals surface area contributed by atoms with Crippen molar-refractivity contribution >= 4 is 22.5 Å². The largest absolute Gasteiger partial charge is 0.340 e. The number of imidazole rings is 1. The van der Waals surface area contributed by atoms with Crippen LogP contribution in [0.2, 0.25) is 5.02 Å². The maximum absolute atomic E-state index is 11.1. The zero-order valence-electron chi connectivity index (χ0n) is 12.8. The normalized spacial score (nSPS) is 11.4. The van der Waals surface area contributed by atoms with Gasteiger partial charge in [0, 0.05) is 37.8 Å². The Morgan fingerprint density at radius 3 is 3.00 bits per heavy atom. The number of benzene rings is 1. The average Bonchev–Trinajstić information content (AvgIpc) is 3.25. The minimum Gasteiger partial charge on any atom is -0.329 e. The molecule has 8 nitrogen and oxygen atoms in total. The minimum atomic E-state index is -0.307. The third kappa shape index (κ3) is 2.41. The van der Waals surface area contributed by atoms with Gasteiger partial charge >= 0.3 is 5.69 Å². The second-order valence-corrected chi connectivity index (χ2v) is 5.83. The molecule has 0 saturated heterocycles. The Hall–Kier alpha value is -2.87. The van der Waals surface area contributed by atoms with Crippen LogP contribution < -0.4 is 5.69 Å². The fraction of sp³-hybridized carbons (Fsp3) is 0.200. The van der Waals surface area contributed by atoms with Crippen LogP contribution in [-0.4, -0.2) is 34.5 Å². The van der Waals surface area contributed by atoms with Crippen LogP contribution in [0.5, 0.6) is 0 Å². The molecule has 3 aromatic heterocycles. The van der Waals surface area contributed by atoms with E-state index in [9.17, 15) is 4.79 Å². The summed E-state index contributed by atoms with van der Waals surface area (Å²) >= 11 is 6.38. The van der Waals surface area contributed by atoms with Gasteiger partial charge in [-0.05, 0) is 12.1 Å². The number of nitrogens with one attached hydrogen (secondary N) is 2. The van der Waals surface area contributed by atoms with Crippen molar-refractivity contribution in [1.29, 1.82) is 0 Å². The molecular weight excluding hydrogens is 330 g/mol. The van der Waals surface area contributed by atoms with Crippen LogP contribution in [0.3, 0.4) is 0 Å². The standard InChI is InChI=1S/C15H14ClN7O/c1-22-10-4-2-3-9(16)12(10)13(21-22)14-17-6-8-23(14)7-5-11-18-15(24)20-19-11/h2-4,6,8H,5,7H2,1H3,(H2,18,19,20,24). The molecule has 24 heavy (non-hydrogen) atoms. The van der Waals surface area contributed by atoms with Gasteiger partial charge in [0.1, 0.15) is 11.5 Å². The Balaban J connectivity index is 1.73. The van der Waals surface area contributed by atoms with Crippen molar-refractivity contribution in [3.8, 4) is 11.5 Å². The molecule has 0 radical (unpaired) electrons. The van der Waals surface area contributed by atoms with Crippen LogP contribution in [0.15, 0.2) is 35.4 Å². The summed E-state index contributed by atoms with van der Waals surface area (Å²) < 4.78 is 3.76. The minimum absolute atomic E-state index is 0.307. The number of halogens is 1. The fourth-order valence-electron chi connectivity index (χ4n) is 2.78. The molecule has 0 aliphatic carbocycles. The number of aryl methyl sites for hydroxylation is 3. The van der Waals surface area contributed by atoms with E-state index in [2.05, 4.69) is 25.3 Å². The highest BCUT2D eigenvalue weighted by molar-refractivity contribution is 6.36. The van der Waals surface area contributed by atoms with E-state index in [-0.39, 0.29) is 5.69 Å². The molecule has 4 rings (SSSR count). The van der Waals surface area contributed by atoms with E-state index < -0.39 is 0 Å². The van der Waals surface area contributed by atoms with Crippen LogP contribution in [0.1, 0.15) is 5.82 Å². The number of aromatic nitrogens is 7. The third-order valence-electron chi connectivity index (χ3n) is 3.89. The smallest absolute Gasteiger partial charge is 0.329 e. The number of nitrogens with zero attached hydrogens (tertiary/aromatic N) is 5. The SMILES string of the molecule is Cn1nc(-c2nccn2CCc2n[nH]c(=O)[nH]2)c2c(Cl)cccc21. The van der Waals surface area contributed by atoms with Gasteiger partial charge in [0.05, 0.1) is 10.5 Å². The summed E-state index contributed by atoms with van der Waals surface area (Å²) in [7, 11) is 1.88. The summed E-state index contributed by atoms with van der Waals surface area (Å²) in [5, 5.41) is 12.4. The fourth-order valence-corrected chi connectivity index (χ4v) is 3.04. The zero-order chi connectivity index (χ0) is 16.7. The first-order chi connectivity index (χ1) is 11.6. The number of rotatable bonds is 4. The van der Waals surface area contributed by atoms with Crippen molar-refractivity contribution in [2.45, 2.75) is 13.0 Å². The second-order valence-electron chi connectivity index (χ2n) is 5.42. The van der Waals surface area contributed by atoms with Crippen LogP contribution in [0.4, 0.5) is 0 Å². The Labute approximate surface area is 141 Å². The molecule has 0 aliphatic rings. The van der Waals surface area contributed by atoms with Gasteiger partial charge in [-0.3, -0.25) is 9.67 Å². The summed E-state index contributed by atoms with van der Waals surface area (Å²) in [5.41, 5.74) is 1.38. The highest BCUT2D eigenvalue weighted by atomic mass is 35.5. The predicted octanol–water partition coefficient (Wildman–Crippen LogP) is 1.74. The number of hydrogen-bond donors (Lipinski definition) is 2. The molecule has 9 heteroatoms. The summed E-state index contributed by atoms with van der Waals surface area (Å²) in [4.78, 5) is 18.2. The Morgan fingerprint density at radius 2 is 2.21 bits per heavy atom. The van der Waals surface area contributed by atoms with E-state index in [4.69, 9.17) is 11.6 Å². The lowest BCUT2D eigenvalue weighted by molar-refractivity contribution is 0.675. The molecule has 0 amide bonds. The second kappa shape index (κ2) is 5.64. The monoisotopic (exact) mass is 343 g/mol. The number of fused-ring (bicyclic) bond motifs is 1. The van der Waals surface area contributed by atoms with Crippen LogP contribution in [-0.2, 0) is 20.0 Å². The lowest BCUT2D eigenvalue weighted by Gasteiger charge is -2.05. The number of H-pyrrole nitrogens is 2. The van der Waals surface area contributed by atoms with Gasteiger partial charge in [0.2, 0.25) is 0 Å². The highest BCUT2D eigenvalue weighted by Crippen LogP contribution is 2.32. The maximum Gasteiger partial charge on any atom is 0.340 e. The van der Waals surface area contributed by atoms with E-state index in [1.807, 2.05) is 36.0 Å². The van der Waals surface area contributed by atoms with Gasteiger partial charge in [-0.1, -0.05) is 17.7 Å². The predicted molar refractivity (Wildman–Crippen MR) is 89.9 cm³/mol. The summed E-state index contributed by atoms with van der Waals surface area (Å²) in [6.45, 7) is 0.610. The van der Waals surface area contributed by atoms with Gasteiger partial charge in [-0.15, -0.1) is 0 Å². The first-order valence-electron chi connectivity index (χ1n) is 7.40. The molecule has 2 N–H and O–H groups in total. The van der Waals surface area contributed by atoms with Crippen molar-refractivity contribution in [2.24, 2.45) is 7.05 Å². The molecule has 3 heterocycles. The summed E-state index contributed by atoms with van der Waals surface area (Å²) in [6.07, 6.45) is 4.16. The lowest BCUT2D eigenvalue weighted by atomic mass is 10.2. The van der Waals surface area contributed by atoms with Crippen LogP contribution in [0.25, 0.3) is 22.4 Å². The van der Waals surface area contributed by atoms with Crippen LogP contribution >= 0.6 is 11.6 Å². The van der Waals surface area contributed by atoms with Crippen molar-refractivity contribution in [1.82, 2.24) is 34.5 Å². The Morgan fingerprint density at radius 1 is 1.33 bits per heavy atom. The van der Waals surface area contributed by atoms with Crippen molar-refractivity contribution in [3.63, 3.8) is 0 Å². The van der Waals surface area contributed by atoms with Gasteiger partial charge in [-0.25, -0.2) is 14.9 Å². The molecule has 0 unspecified atom stereocenters. The topological polar surface area (TPSA) is 97.2 Å². The van der Waals surface area contributed by atoms with E-state index in [1.165, 1.54) is 0 Å². The van der Waals surface area contributed by atoms with Crippen molar-refractivity contribution < 1.29 is 0 Å². The molecule has 1 aromatic carbocycles. The molecule has 0 atom stereocenters. The van der Waals surface area contributed by atoms with E-state index in [1.54, 1.807) is 10.9 Å². The highest BCUT2D eigenvalue weighted by Gasteiger charge is 2.17. The van der Waals surface area contributed by atoms with Gasteiger partial charge < -0.3 is 4.57 Å². The number of hydrogen-bond acceptors (Lipinski definition) is 4. The van der Waals surface area contributed by atoms with E-state index in [0.29, 0.717) is 23.8 Å². The Kier molecular flexibility index (Phi) is 3.46. The first-order valence-corrected chi connectivity index (χ1v) is 7.77. The molecule has 0 fully saturated rings. The van der Waals surface area contributed by atoms with Gasteiger partial charge in [-0.2, -0.15) is 10.2 Å². The van der Waals surface area contributed by atoms with Crippen molar-refractivity contribution in [3.05, 3.63) is 51.9 Å². The number of aromatic amines is 2. The maximum atomic E-state index is 11.1. The molecule has 4 aromatic rings. The Bertz CT molecular complexity index is 1070. The van der Waals surface area contributed by atoms with E-state index >= 15 is 0 Å². The average molecular weight is 344 g/mol. The molecule has 0 saturated carbocycles. The quantitative estimate of drug-likeness (QED) is 0.590. The lowest BCUT2D eigenvalue weighted by Crippen LogP contribution is -2.06. The van der Waals surface area contributed by atoms with E-state index in [0.717, 1.165) is 22.4 Å². The molecule has 122 valence electrons. The summed E-state index contributed by atoms with van der Waals surface area (Å²) in [6, 6.07) is 5.72. The van der Waals surface area contributed by atoms with Crippen molar-refractivity contribution in [2.75, 3.05) is 0 Å². The molecule has 0 aliphatic heterocycles. The van der Waals surface area contributed by atoms with Gasteiger partial charge in [0.15, 0.2) is 5.82 Å². The van der Waals surface area contributed by atoms with Crippen LogP contribution in [0, 0.1) is 0 Å². The first kappa shape index (κ1) is 14.7. The molecular formula is C15H14ClN7O.